The van der Waals surface area contributed by atoms with Gasteiger partial charge in [-0.3, -0.25) is 9.79 Å². The minimum atomic E-state index is -3.99. The number of benzene rings is 2. The normalized spacial score (nSPS) is 19.3. The standard InChI is InChI=1S/C16H12BrNO4S/c17-11-7-5-10(6-8-11)13-9-15(16(19)20)23(21,22)14-4-2-1-3-12(14)18-13/h1-8,15H,9H2,(H,19,20). The van der Waals surface area contributed by atoms with Crippen LogP contribution in [0.2, 0.25) is 0 Å². The van der Waals surface area contributed by atoms with Gasteiger partial charge in [-0.2, -0.15) is 0 Å². The first-order valence-corrected chi connectivity index (χ1v) is 9.13. The first-order valence-electron chi connectivity index (χ1n) is 6.79. The number of nitrogens with zero attached hydrogens (tertiary/aromatic N) is 1. The molecule has 0 fully saturated rings. The number of carbonyl (C=O) groups is 1. The Hall–Kier alpha value is -1.99. The third-order valence-electron chi connectivity index (χ3n) is 3.63. The molecule has 2 aromatic carbocycles. The summed E-state index contributed by atoms with van der Waals surface area (Å²) in [5.41, 5.74) is 1.42. The maximum atomic E-state index is 12.6. The third-order valence-corrected chi connectivity index (χ3v) is 6.24. The van der Waals surface area contributed by atoms with Crippen LogP contribution in [-0.2, 0) is 14.6 Å². The van der Waals surface area contributed by atoms with Gasteiger partial charge in [0.1, 0.15) is 0 Å². The fourth-order valence-electron chi connectivity index (χ4n) is 2.46. The Balaban J connectivity index is 2.22. The molecule has 1 N–H and O–H groups in total. The molecule has 1 aliphatic heterocycles. The van der Waals surface area contributed by atoms with Crippen molar-refractivity contribution in [3.63, 3.8) is 0 Å². The van der Waals surface area contributed by atoms with E-state index in [1.54, 1.807) is 42.5 Å². The zero-order valence-electron chi connectivity index (χ0n) is 11.8. The summed E-state index contributed by atoms with van der Waals surface area (Å²) in [5.74, 6) is -1.37. The zero-order valence-corrected chi connectivity index (χ0v) is 14.2. The van der Waals surface area contributed by atoms with E-state index in [0.717, 1.165) is 4.47 Å². The highest BCUT2D eigenvalue weighted by molar-refractivity contribution is 9.10. The summed E-state index contributed by atoms with van der Waals surface area (Å²) < 4.78 is 26.1. The molecule has 1 atom stereocenters. The Morgan fingerprint density at radius 2 is 1.78 bits per heavy atom. The van der Waals surface area contributed by atoms with Gasteiger partial charge >= 0.3 is 5.97 Å². The van der Waals surface area contributed by atoms with Crippen LogP contribution in [0.5, 0.6) is 0 Å². The maximum absolute atomic E-state index is 12.6. The highest BCUT2D eigenvalue weighted by Crippen LogP contribution is 2.33. The second-order valence-electron chi connectivity index (χ2n) is 5.11. The second-order valence-corrected chi connectivity index (χ2v) is 8.12. The van der Waals surface area contributed by atoms with E-state index in [-0.39, 0.29) is 17.0 Å². The van der Waals surface area contributed by atoms with Crippen molar-refractivity contribution in [1.82, 2.24) is 0 Å². The van der Waals surface area contributed by atoms with Crippen molar-refractivity contribution < 1.29 is 18.3 Å². The number of halogens is 1. The molecule has 0 spiro atoms. The second kappa shape index (κ2) is 5.90. The minimum absolute atomic E-state index is 0.0421. The van der Waals surface area contributed by atoms with Gasteiger partial charge in [0, 0.05) is 10.9 Å². The molecule has 0 amide bonds. The summed E-state index contributed by atoms with van der Waals surface area (Å²) in [7, 11) is -3.99. The van der Waals surface area contributed by atoms with Crippen LogP contribution in [-0.4, -0.2) is 30.5 Å². The minimum Gasteiger partial charge on any atom is -0.480 e. The molecule has 0 aliphatic carbocycles. The Bertz CT molecular complexity index is 904. The Morgan fingerprint density at radius 3 is 2.43 bits per heavy atom. The quantitative estimate of drug-likeness (QED) is 0.848. The lowest BCUT2D eigenvalue weighted by Gasteiger charge is -2.12. The summed E-state index contributed by atoms with van der Waals surface area (Å²) in [4.78, 5) is 15.9. The fraction of sp³-hybridized carbons (Fsp3) is 0.125. The Morgan fingerprint density at radius 1 is 1.13 bits per heavy atom. The highest BCUT2D eigenvalue weighted by atomic mass is 79.9. The van der Waals surface area contributed by atoms with Crippen LogP contribution in [0, 0.1) is 0 Å². The van der Waals surface area contributed by atoms with Crippen LogP contribution in [0.25, 0.3) is 0 Å². The molecule has 3 rings (SSSR count). The molecule has 2 aromatic rings. The van der Waals surface area contributed by atoms with E-state index < -0.39 is 21.1 Å². The molecular weight excluding hydrogens is 382 g/mol. The molecule has 7 heteroatoms. The van der Waals surface area contributed by atoms with Gasteiger partial charge in [-0.25, -0.2) is 8.42 Å². The molecule has 1 aliphatic rings. The van der Waals surface area contributed by atoms with Crippen molar-refractivity contribution in [2.24, 2.45) is 4.99 Å². The number of aliphatic imine (C=N–C) groups is 1. The first kappa shape index (κ1) is 15.9. The molecule has 0 saturated carbocycles. The summed E-state index contributed by atoms with van der Waals surface area (Å²) in [6, 6.07) is 13.4. The molecule has 1 heterocycles. The van der Waals surface area contributed by atoms with Gasteiger partial charge in [0.2, 0.25) is 0 Å². The number of carboxylic acids is 1. The van der Waals surface area contributed by atoms with Crippen LogP contribution in [0.15, 0.2) is 62.9 Å². The van der Waals surface area contributed by atoms with Crippen LogP contribution >= 0.6 is 15.9 Å². The molecule has 23 heavy (non-hydrogen) atoms. The zero-order chi connectivity index (χ0) is 16.6. The largest absolute Gasteiger partial charge is 0.480 e. The van der Waals surface area contributed by atoms with E-state index in [4.69, 9.17) is 0 Å². The predicted octanol–water partition coefficient (Wildman–Crippen LogP) is 3.20. The summed E-state index contributed by atoms with van der Waals surface area (Å²) >= 11 is 3.33. The van der Waals surface area contributed by atoms with Crippen LogP contribution in [0.4, 0.5) is 5.69 Å². The topological polar surface area (TPSA) is 83.8 Å². The smallest absolute Gasteiger partial charge is 0.322 e. The number of rotatable bonds is 2. The van der Waals surface area contributed by atoms with Crippen molar-refractivity contribution in [2.75, 3.05) is 0 Å². The molecule has 118 valence electrons. The average molecular weight is 394 g/mol. The summed E-state index contributed by atoms with van der Waals surface area (Å²) in [5, 5.41) is 7.84. The molecule has 0 aromatic heterocycles. The van der Waals surface area contributed by atoms with E-state index in [2.05, 4.69) is 20.9 Å². The van der Waals surface area contributed by atoms with Crippen molar-refractivity contribution in [2.45, 2.75) is 16.6 Å². The number of hydrogen-bond acceptors (Lipinski definition) is 4. The predicted molar refractivity (Wildman–Crippen MR) is 90.0 cm³/mol. The van der Waals surface area contributed by atoms with Gasteiger partial charge in [0.05, 0.1) is 16.3 Å². The van der Waals surface area contributed by atoms with E-state index in [0.29, 0.717) is 11.3 Å². The van der Waals surface area contributed by atoms with Gasteiger partial charge in [-0.15, -0.1) is 0 Å². The monoisotopic (exact) mass is 393 g/mol. The van der Waals surface area contributed by atoms with Crippen LogP contribution in [0.1, 0.15) is 12.0 Å². The SMILES string of the molecule is O=C(O)C1CC(c2ccc(Br)cc2)=Nc2ccccc2S1(=O)=O. The number of sulfone groups is 1. The van der Waals surface area contributed by atoms with Gasteiger partial charge in [-0.05, 0) is 29.8 Å². The lowest BCUT2D eigenvalue weighted by atomic mass is 10.1. The van der Waals surface area contributed by atoms with Crippen molar-refractivity contribution in [3.8, 4) is 0 Å². The average Bonchev–Trinajstić information content (AvgIpc) is 2.63. The van der Waals surface area contributed by atoms with Gasteiger partial charge < -0.3 is 5.11 Å². The maximum Gasteiger partial charge on any atom is 0.322 e. The van der Waals surface area contributed by atoms with Crippen molar-refractivity contribution in [1.29, 1.82) is 0 Å². The lowest BCUT2D eigenvalue weighted by Crippen LogP contribution is -2.31. The fourth-order valence-corrected chi connectivity index (χ4v) is 4.35. The summed E-state index contributed by atoms with van der Waals surface area (Å²) in [6.07, 6.45) is -0.173. The van der Waals surface area contributed by atoms with E-state index >= 15 is 0 Å². The molecule has 5 nitrogen and oxygen atoms in total. The van der Waals surface area contributed by atoms with Gasteiger partial charge in [0.25, 0.3) is 0 Å². The van der Waals surface area contributed by atoms with E-state index in [1.807, 2.05) is 0 Å². The molecule has 0 bridgehead atoms. The van der Waals surface area contributed by atoms with Crippen molar-refractivity contribution >= 4 is 43.1 Å². The first-order chi connectivity index (χ1) is 10.9. The van der Waals surface area contributed by atoms with Crippen LogP contribution in [0.3, 0.4) is 0 Å². The van der Waals surface area contributed by atoms with Gasteiger partial charge in [-0.1, -0.05) is 40.2 Å². The lowest BCUT2D eigenvalue weighted by molar-refractivity contribution is -0.136. The summed E-state index contributed by atoms with van der Waals surface area (Å²) in [6.45, 7) is 0. The molecular formula is C16H12BrNO4S. The molecule has 0 saturated heterocycles. The molecule has 0 radical (unpaired) electrons. The Labute approximate surface area is 141 Å². The number of aliphatic carboxylic acids is 1. The van der Waals surface area contributed by atoms with E-state index in [1.165, 1.54) is 6.07 Å². The third kappa shape index (κ3) is 2.94. The number of carboxylic acid groups (broad SMARTS) is 1. The van der Waals surface area contributed by atoms with Crippen molar-refractivity contribution in [3.05, 3.63) is 58.6 Å². The molecule has 1 unspecified atom stereocenters. The van der Waals surface area contributed by atoms with Gasteiger partial charge in [0.15, 0.2) is 15.1 Å². The van der Waals surface area contributed by atoms with Crippen LogP contribution < -0.4 is 0 Å². The number of hydrogen-bond donors (Lipinski definition) is 1. The Kier molecular flexibility index (Phi) is 4.08. The van der Waals surface area contributed by atoms with E-state index in [9.17, 15) is 18.3 Å². The number of para-hydroxylation sites is 1. The highest BCUT2D eigenvalue weighted by Gasteiger charge is 2.38. The number of fused-ring (bicyclic) bond motifs is 1.